The standard InChI is InChI=1S/3C19H21Cl2NO/c1-22(2)14-8-13-9-15(23-3)5-6-16(13)17(11-14)12-4-7-18(20)19(21)10-12;2*1-22(2)14-8-12-4-6-15(23-3)11-17(12)16(10-14)13-5-7-18(20)19(21)9-13/h4-7,9-10,14,17H,8,11H2,1-3H3;2*4-7,9,11,14,16H,8,10H2,1-3H3/t14-,17+;2*14-,16-/m010/s1. The molecule has 0 saturated heterocycles. The van der Waals surface area contributed by atoms with E-state index < -0.39 is 0 Å². The van der Waals surface area contributed by atoms with Gasteiger partial charge in [0.25, 0.3) is 0 Å². The molecule has 3 aliphatic rings. The summed E-state index contributed by atoms with van der Waals surface area (Å²) in [6.07, 6.45) is 6.35. The maximum atomic E-state index is 6.25. The molecule has 0 amide bonds. The number of nitrogens with zero attached hydrogens (tertiary/aromatic N) is 3. The molecule has 12 heteroatoms. The molecule has 0 saturated carbocycles. The van der Waals surface area contributed by atoms with Crippen LogP contribution in [0.15, 0.2) is 109 Å². The van der Waals surface area contributed by atoms with E-state index in [4.69, 9.17) is 83.8 Å². The first-order valence-electron chi connectivity index (χ1n) is 23.3. The van der Waals surface area contributed by atoms with Crippen molar-refractivity contribution in [2.24, 2.45) is 0 Å². The molecular weight excluding hydrogens is 987 g/mol. The van der Waals surface area contributed by atoms with Gasteiger partial charge >= 0.3 is 0 Å². The second kappa shape index (κ2) is 23.7. The Hall–Kier alpha value is -3.66. The Morgan fingerprint density at radius 1 is 0.348 bits per heavy atom. The molecule has 6 atom stereocenters. The molecule has 6 aromatic carbocycles. The van der Waals surface area contributed by atoms with Crippen molar-refractivity contribution in [3.8, 4) is 17.2 Å². The van der Waals surface area contributed by atoms with Crippen molar-refractivity contribution in [1.29, 1.82) is 0 Å². The molecular formula is C57H63Cl6N3O3. The smallest absolute Gasteiger partial charge is 0.119 e. The van der Waals surface area contributed by atoms with Gasteiger partial charge in [-0.15, -0.1) is 0 Å². The summed E-state index contributed by atoms with van der Waals surface area (Å²) in [5.41, 5.74) is 11.8. The number of ether oxygens (including phenoxy) is 3. The lowest BCUT2D eigenvalue weighted by atomic mass is 9.76. The monoisotopic (exact) mass is 1050 g/mol. The summed E-state index contributed by atoms with van der Waals surface area (Å²) in [6.45, 7) is 0. The fraction of sp³-hybridized carbons (Fsp3) is 0.368. The normalized spacial score (nSPS) is 20.4. The highest BCUT2D eigenvalue weighted by atomic mass is 35.5. The van der Waals surface area contributed by atoms with Crippen LogP contribution in [0.25, 0.3) is 0 Å². The molecule has 0 aromatic heterocycles. The second-order valence-electron chi connectivity index (χ2n) is 19.0. The molecule has 0 heterocycles. The molecule has 0 spiro atoms. The molecule has 0 fully saturated rings. The van der Waals surface area contributed by atoms with Crippen molar-refractivity contribution < 1.29 is 14.2 Å². The number of fused-ring (bicyclic) bond motifs is 3. The Bertz CT molecular complexity index is 2610. The Morgan fingerprint density at radius 2 is 0.667 bits per heavy atom. The van der Waals surface area contributed by atoms with Gasteiger partial charge < -0.3 is 28.9 Å². The van der Waals surface area contributed by atoms with E-state index in [2.05, 4.69) is 112 Å². The number of benzene rings is 6. The van der Waals surface area contributed by atoms with Crippen molar-refractivity contribution >= 4 is 69.6 Å². The maximum Gasteiger partial charge on any atom is 0.119 e. The van der Waals surface area contributed by atoms with Crippen molar-refractivity contribution in [2.75, 3.05) is 63.6 Å². The molecule has 6 aromatic rings. The van der Waals surface area contributed by atoms with Gasteiger partial charge in [0.05, 0.1) is 51.5 Å². The van der Waals surface area contributed by atoms with Gasteiger partial charge in [0, 0.05) is 35.9 Å². The average molecular weight is 1050 g/mol. The highest BCUT2D eigenvalue weighted by molar-refractivity contribution is 6.43. The van der Waals surface area contributed by atoms with Crippen LogP contribution >= 0.6 is 69.6 Å². The van der Waals surface area contributed by atoms with Crippen LogP contribution in [0.4, 0.5) is 0 Å². The van der Waals surface area contributed by atoms with Crippen molar-refractivity contribution in [3.05, 3.63) is 189 Å². The third-order valence-electron chi connectivity index (χ3n) is 14.3. The molecule has 9 rings (SSSR count). The lowest BCUT2D eigenvalue weighted by Gasteiger charge is -2.36. The SMILES string of the molecule is COc1ccc2c(c1)C[C@H](N(C)C)C[C@@H]2c1ccc(Cl)c(Cl)c1.COc1ccc2c(c1)[C@@H](c1ccc(Cl)c(Cl)c1)C[C@H](N(C)C)C2.COc1ccc2c(c1)[C@H](c1ccc(Cl)c(Cl)c1)C[C@@H](N(C)C)C2. The zero-order valence-corrected chi connectivity index (χ0v) is 45.5. The largest absolute Gasteiger partial charge is 0.497 e. The summed E-state index contributed by atoms with van der Waals surface area (Å²) in [5, 5.41) is 3.64. The van der Waals surface area contributed by atoms with Crippen molar-refractivity contribution in [1.82, 2.24) is 14.7 Å². The minimum absolute atomic E-state index is 0.302. The summed E-state index contributed by atoms with van der Waals surface area (Å²) in [6, 6.07) is 38.6. The first kappa shape index (κ1) is 53.1. The molecule has 366 valence electrons. The van der Waals surface area contributed by atoms with E-state index in [1.54, 1.807) is 21.3 Å². The Labute approximate surface area is 440 Å². The third kappa shape index (κ3) is 12.7. The molecule has 0 N–H and O–H groups in total. The number of hydrogen-bond acceptors (Lipinski definition) is 6. The first-order chi connectivity index (χ1) is 33.0. The lowest BCUT2D eigenvalue weighted by Crippen LogP contribution is -2.35. The van der Waals surface area contributed by atoms with Gasteiger partial charge in [-0.1, -0.05) is 106 Å². The van der Waals surface area contributed by atoms with Crippen molar-refractivity contribution in [2.45, 2.75) is 74.4 Å². The van der Waals surface area contributed by atoms with Gasteiger partial charge in [0.2, 0.25) is 0 Å². The van der Waals surface area contributed by atoms with Crippen LogP contribution in [0.3, 0.4) is 0 Å². The van der Waals surface area contributed by atoms with E-state index in [0.29, 0.717) is 66.0 Å². The third-order valence-corrected chi connectivity index (χ3v) is 16.5. The van der Waals surface area contributed by atoms with Crippen LogP contribution < -0.4 is 14.2 Å². The number of hydrogen-bond donors (Lipinski definition) is 0. The summed E-state index contributed by atoms with van der Waals surface area (Å²) in [7, 11) is 18.0. The van der Waals surface area contributed by atoms with Gasteiger partial charge in [-0.2, -0.15) is 0 Å². The maximum absolute atomic E-state index is 6.25. The Balaban J connectivity index is 0.000000153. The molecule has 0 aliphatic heterocycles. The Kier molecular flexibility index (Phi) is 18.3. The van der Waals surface area contributed by atoms with E-state index in [0.717, 1.165) is 55.8 Å². The first-order valence-corrected chi connectivity index (χ1v) is 25.6. The summed E-state index contributed by atoms with van der Waals surface area (Å²) < 4.78 is 16.2. The van der Waals surface area contributed by atoms with Crippen LogP contribution in [-0.2, 0) is 19.3 Å². The number of rotatable bonds is 9. The predicted octanol–water partition coefficient (Wildman–Crippen LogP) is 15.0. The van der Waals surface area contributed by atoms with Crippen LogP contribution in [0, 0.1) is 0 Å². The Morgan fingerprint density at radius 3 is 1.00 bits per heavy atom. The minimum Gasteiger partial charge on any atom is -0.497 e. The average Bonchev–Trinajstić information content (AvgIpc) is 3.35. The number of likely N-dealkylation sites (N-methyl/N-ethyl adjacent to an activating group) is 3. The molecule has 0 unspecified atom stereocenters. The second-order valence-corrected chi connectivity index (χ2v) is 21.5. The molecule has 6 nitrogen and oxygen atoms in total. The highest BCUT2D eigenvalue weighted by Crippen LogP contribution is 2.44. The van der Waals surface area contributed by atoms with Crippen molar-refractivity contribution in [3.63, 3.8) is 0 Å². The summed E-state index contributed by atoms with van der Waals surface area (Å²) in [4.78, 5) is 6.91. The minimum atomic E-state index is 0.302. The quantitative estimate of drug-likeness (QED) is 0.144. The lowest BCUT2D eigenvalue weighted by molar-refractivity contribution is 0.258. The van der Waals surface area contributed by atoms with E-state index in [1.807, 2.05) is 54.6 Å². The van der Waals surface area contributed by atoms with Crippen LogP contribution in [-0.4, -0.2) is 96.4 Å². The molecule has 0 radical (unpaired) electrons. The van der Waals surface area contributed by atoms with Gasteiger partial charge in [0.15, 0.2) is 0 Å². The van der Waals surface area contributed by atoms with Gasteiger partial charge in [-0.05, 0) is 204 Å². The van der Waals surface area contributed by atoms with E-state index in [1.165, 1.54) is 50.1 Å². The van der Waals surface area contributed by atoms with E-state index >= 15 is 0 Å². The summed E-state index contributed by atoms with van der Waals surface area (Å²) >= 11 is 37.0. The fourth-order valence-corrected chi connectivity index (χ4v) is 11.1. The fourth-order valence-electron chi connectivity index (χ4n) is 10.2. The topological polar surface area (TPSA) is 37.4 Å². The predicted molar refractivity (Wildman–Crippen MR) is 291 cm³/mol. The van der Waals surface area contributed by atoms with Gasteiger partial charge in [0.1, 0.15) is 17.2 Å². The van der Waals surface area contributed by atoms with Crippen LogP contribution in [0.2, 0.25) is 30.1 Å². The van der Waals surface area contributed by atoms with Crippen LogP contribution in [0.5, 0.6) is 17.2 Å². The van der Waals surface area contributed by atoms with Gasteiger partial charge in [-0.25, -0.2) is 0 Å². The number of methoxy groups -OCH3 is 3. The van der Waals surface area contributed by atoms with Gasteiger partial charge in [-0.3, -0.25) is 0 Å². The summed E-state index contributed by atoms with van der Waals surface area (Å²) in [5.74, 6) is 3.64. The zero-order chi connectivity index (χ0) is 49.7. The zero-order valence-electron chi connectivity index (χ0n) is 40.9. The molecule has 69 heavy (non-hydrogen) atoms. The van der Waals surface area contributed by atoms with Crippen LogP contribution in [0.1, 0.15) is 87.1 Å². The number of halogens is 6. The highest BCUT2D eigenvalue weighted by Gasteiger charge is 2.33. The molecule has 3 aliphatic carbocycles. The van der Waals surface area contributed by atoms with E-state index in [9.17, 15) is 0 Å². The van der Waals surface area contributed by atoms with E-state index in [-0.39, 0.29) is 0 Å². The molecule has 0 bridgehead atoms.